The van der Waals surface area contributed by atoms with Crippen LogP contribution in [-0.4, -0.2) is 31.9 Å². The largest absolute Gasteiger partial charge is 0.496 e. The fourth-order valence-corrected chi connectivity index (χ4v) is 3.39. The summed E-state index contributed by atoms with van der Waals surface area (Å²) >= 11 is 0. The molecule has 0 amide bonds. The molecule has 0 unspecified atom stereocenters. The number of hydrogen-bond acceptors (Lipinski definition) is 4. The number of ether oxygens (including phenoxy) is 1. The molecule has 1 fully saturated rings. The van der Waals surface area contributed by atoms with E-state index >= 15 is 0 Å². The molecule has 2 aromatic rings. The van der Waals surface area contributed by atoms with E-state index in [0.717, 1.165) is 44.8 Å². The highest BCUT2D eigenvalue weighted by atomic mass is 16.5. The van der Waals surface area contributed by atoms with Crippen molar-refractivity contribution in [1.82, 2.24) is 5.32 Å². The van der Waals surface area contributed by atoms with Gasteiger partial charge >= 0.3 is 0 Å². The van der Waals surface area contributed by atoms with Gasteiger partial charge in [-0.2, -0.15) is 0 Å². The number of benzene rings is 2. The molecule has 4 heteroatoms. The Hall–Kier alpha value is -2.04. The van der Waals surface area contributed by atoms with Crippen molar-refractivity contribution in [2.24, 2.45) is 5.92 Å². The minimum absolute atomic E-state index is 0.324. The molecule has 4 nitrogen and oxygen atoms in total. The van der Waals surface area contributed by atoms with Gasteiger partial charge in [-0.3, -0.25) is 0 Å². The van der Waals surface area contributed by atoms with Crippen molar-refractivity contribution in [1.29, 1.82) is 0 Å². The average Bonchev–Trinajstić information content (AvgIpc) is 2.69. The Balaban J connectivity index is 1.49. The Bertz CT molecular complexity index is 649. The van der Waals surface area contributed by atoms with Crippen LogP contribution in [0.2, 0.25) is 0 Å². The van der Waals surface area contributed by atoms with Gasteiger partial charge in [-0.15, -0.1) is 0 Å². The quantitative estimate of drug-likeness (QED) is 0.812. The first-order chi connectivity index (χ1) is 12.3. The third-order valence-electron chi connectivity index (χ3n) is 5.01. The number of para-hydroxylation sites is 1. The first-order valence-corrected chi connectivity index (χ1v) is 9.07. The summed E-state index contributed by atoms with van der Waals surface area (Å²) in [5.41, 5.74) is 3.74. The van der Waals surface area contributed by atoms with Crippen molar-refractivity contribution in [3.63, 3.8) is 0 Å². The van der Waals surface area contributed by atoms with E-state index in [4.69, 9.17) is 4.74 Å². The highest BCUT2D eigenvalue weighted by Crippen LogP contribution is 2.23. The maximum Gasteiger partial charge on any atom is 0.123 e. The predicted octanol–water partition coefficient (Wildman–Crippen LogP) is 3.19. The van der Waals surface area contributed by atoms with E-state index in [-0.39, 0.29) is 0 Å². The fraction of sp³-hybridized carbons (Fsp3) is 0.429. The van der Waals surface area contributed by atoms with Gasteiger partial charge in [0.1, 0.15) is 5.75 Å². The zero-order chi connectivity index (χ0) is 17.5. The van der Waals surface area contributed by atoms with Gasteiger partial charge in [0.25, 0.3) is 0 Å². The van der Waals surface area contributed by atoms with Crippen molar-refractivity contribution in [2.45, 2.75) is 25.9 Å². The maximum absolute atomic E-state index is 9.25. The lowest BCUT2D eigenvalue weighted by atomic mass is 9.97. The summed E-state index contributed by atoms with van der Waals surface area (Å²) in [7, 11) is 1.71. The Kier molecular flexibility index (Phi) is 6.31. The van der Waals surface area contributed by atoms with Crippen LogP contribution in [0.1, 0.15) is 24.0 Å². The Morgan fingerprint density at radius 1 is 1.04 bits per heavy atom. The number of rotatable bonds is 7. The number of hydrogen-bond donors (Lipinski definition) is 2. The molecule has 1 aliphatic rings. The van der Waals surface area contributed by atoms with Crippen LogP contribution in [0.25, 0.3) is 0 Å². The van der Waals surface area contributed by atoms with Gasteiger partial charge in [-0.1, -0.05) is 30.3 Å². The lowest BCUT2D eigenvalue weighted by Gasteiger charge is -2.33. The van der Waals surface area contributed by atoms with Crippen molar-refractivity contribution in [2.75, 3.05) is 31.7 Å². The highest BCUT2D eigenvalue weighted by molar-refractivity contribution is 5.48. The lowest BCUT2D eigenvalue weighted by molar-refractivity contribution is 0.203. The molecule has 25 heavy (non-hydrogen) atoms. The summed E-state index contributed by atoms with van der Waals surface area (Å²) in [4.78, 5) is 2.41. The van der Waals surface area contributed by atoms with Crippen LogP contribution in [0.3, 0.4) is 0 Å². The van der Waals surface area contributed by atoms with Crippen molar-refractivity contribution in [3.8, 4) is 5.75 Å². The molecule has 2 aromatic carbocycles. The van der Waals surface area contributed by atoms with E-state index in [0.29, 0.717) is 12.5 Å². The molecule has 1 heterocycles. The van der Waals surface area contributed by atoms with Crippen molar-refractivity contribution in [3.05, 3.63) is 59.7 Å². The third kappa shape index (κ3) is 4.74. The number of nitrogens with zero attached hydrogens (tertiary/aromatic N) is 1. The van der Waals surface area contributed by atoms with Gasteiger partial charge in [0, 0.05) is 44.0 Å². The molecule has 134 valence electrons. The number of aliphatic hydroxyl groups excluding tert-OH is 1. The second-order valence-corrected chi connectivity index (χ2v) is 6.69. The second-order valence-electron chi connectivity index (χ2n) is 6.69. The van der Waals surface area contributed by atoms with E-state index in [1.807, 2.05) is 18.2 Å². The zero-order valence-electron chi connectivity index (χ0n) is 14.9. The topological polar surface area (TPSA) is 44.7 Å². The van der Waals surface area contributed by atoms with Gasteiger partial charge in [-0.05, 0) is 42.5 Å². The fourth-order valence-electron chi connectivity index (χ4n) is 3.39. The normalized spacial score (nSPS) is 15.4. The standard InChI is InChI=1S/C21H28N2O2/c1-25-21-5-3-2-4-19(21)15-22-14-17-6-8-20(9-7-17)23-12-10-18(16-24)11-13-23/h2-9,18,22,24H,10-16H2,1H3. The average molecular weight is 340 g/mol. The molecule has 1 aliphatic heterocycles. The first-order valence-electron chi connectivity index (χ1n) is 9.07. The third-order valence-corrected chi connectivity index (χ3v) is 5.01. The van der Waals surface area contributed by atoms with E-state index in [1.165, 1.54) is 16.8 Å². The van der Waals surface area contributed by atoms with Gasteiger partial charge in [0.15, 0.2) is 0 Å². The smallest absolute Gasteiger partial charge is 0.123 e. The number of methoxy groups -OCH3 is 1. The molecule has 0 atom stereocenters. The van der Waals surface area contributed by atoms with Gasteiger partial charge in [0.05, 0.1) is 7.11 Å². The van der Waals surface area contributed by atoms with Crippen LogP contribution >= 0.6 is 0 Å². The van der Waals surface area contributed by atoms with Crippen LogP contribution in [0.15, 0.2) is 48.5 Å². The summed E-state index contributed by atoms with van der Waals surface area (Å²) < 4.78 is 5.39. The lowest BCUT2D eigenvalue weighted by Crippen LogP contribution is -2.34. The number of anilines is 1. The second kappa shape index (κ2) is 8.88. The molecule has 0 aromatic heterocycles. The molecule has 0 bridgehead atoms. The van der Waals surface area contributed by atoms with Crippen LogP contribution < -0.4 is 15.0 Å². The molecular formula is C21H28N2O2. The molecule has 0 radical (unpaired) electrons. The number of piperidine rings is 1. The zero-order valence-corrected chi connectivity index (χ0v) is 14.9. The minimum Gasteiger partial charge on any atom is -0.496 e. The summed E-state index contributed by atoms with van der Waals surface area (Å²) in [5.74, 6) is 1.41. The van der Waals surface area contributed by atoms with E-state index in [9.17, 15) is 5.11 Å². The Morgan fingerprint density at radius 2 is 1.76 bits per heavy atom. The molecule has 2 N–H and O–H groups in total. The summed E-state index contributed by atoms with van der Waals surface area (Å²) in [6, 6.07) is 16.9. The molecular weight excluding hydrogens is 312 g/mol. The van der Waals surface area contributed by atoms with Crippen LogP contribution in [0.4, 0.5) is 5.69 Å². The summed E-state index contributed by atoms with van der Waals surface area (Å²) in [6.45, 7) is 4.03. The first kappa shape index (κ1) is 17.8. The molecule has 1 saturated heterocycles. The molecule has 0 aliphatic carbocycles. The van der Waals surface area contributed by atoms with E-state index in [2.05, 4.69) is 40.5 Å². The van der Waals surface area contributed by atoms with Crippen molar-refractivity contribution >= 4 is 5.69 Å². The highest BCUT2D eigenvalue weighted by Gasteiger charge is 2.18. The summed E-state index contributed by atoms with van der Waals surface area (Å²) in [6.07, 6.45) is 2.16. The Labute approximate surface area is 150 Å². The summed E-state index contributed by atoms with van der Waals surface area (Å²) in [5, 5.41) is 12.7. The Morgan fingerprint density at radius 3 is 2.44 bits per heavy atom. The van der Waals surface area contributed by atoms with Crippen molar-refractivity contribution < 1.29 is 9.84 Å². The maximum atomic E-state index is 9.25. The minimum atomic E-state index is 0.324. The molecule has 0 spiro atoms. The van der Waals surface area contributed by atoms with Crippen LogP contribution in [0, 0.1) is 5.92 Å². The van der Waals surface area contributed by atoms with E-state index < -0.39 is 0 Å². The van der Waals surface area contributed by atoms with Gasteiger partial charge < -0.3 is 20.1 Å². The van der Waals surface area contributed by atoms with Gasteiger partial charge in [0.2, 0.25) is 0 Å². The molecule has 3 rings (SSSR count). The van der Waals surface area contributed by atoms with Crippen LogP contribution in [0.5, 0.6) is 5.75 Å². The SMILES string of the molecule is COc1ccccc1CNCc1ccc(N2CCC(CO)CC2)cc1. The monoisotopic (exact) mass is 340 g/mol. The van der Waals surface area contributed by atoms with Gasteiger partial charge in [-0.25, -0.2) is 0 Å². The van der Waals surface area contributed by atoms with E-state index in [1.54, 1.807) is 7.11 Å². The van der Waals surface area contributed by atoms with Crippen LogP contribution in [-0.2, 0) is 13.1 Å². The number of aliphatic hydroxyl groups is 1. The number of nitrogens with one attached hydrogen (secondary N) is 1. The molecule has 0 saturated carbocycles. The predicted molar refractivity (Wildman–Crippen MR) is 102 cm³/mol.